The molecule has 1 aromatic carbocycles. The average Bonchev–Trinajstić information content (AvgIpc) is 2.54. The predicted octanol–water partition coefficient (Wildman–Crippen LogP) is 2.66. The van der Waals surface area contributed by atoms with Crippen molar-refractivity contribution < 1.29 is 0 Å². The van der Waals surface area contributed by atoms with Crippen molar-refractivity contribution in [3.8, 4) is 0 Å². The average molecular weight is 193 g/mol. The molecule has 1 nitrogen and oxygen atoms in total. The van der Waals surface area contributed by atoms with Gasteiger partial charge in [0.25, 0.3) is 0 Å². The second-order valence-electron chi connectivity index (χ2n) is 3.56. The van der Waals surface area contributed by atoms with Gasteiger partial charge in [0.1, 0.15) is 0 Å². The number of nitrogens with two attached hydrogens (primary N) is 1. The number of hydrogen-bond donors (Lipinski definition) is 1. The maximum atomic E-state index is 6.01. The molecular weight excluding hydrogens is 178 g/mol. The molecule has 2 rings (SSSR count). The van der Waals surface area contributed by atoms with Crippen LogP contribution in [-0.2, 0) is 0 Å². The van der Waals surface area contributed by atoms with E-state index < -0.39 is 0 Å². The van der Waals surface area contributed by atoms with E-state index in [-0.39, 0.29) is 0 Å². The standard InChI is InChI=1S/C11H15NS/c12-10-7-4-8-11(10)13-9-5-2-1-3-6-9/h1-3,5-6,10-11H,4,7-8,12H2/t10-,11+/m1/s1. The maximum Gasteiger partial charge on any atom is 0.0246 e. The zero-order valence-electron chi connectivity index (χ0n) is 7.65. The minimum atomic E-state index is 0.408. The maximum absolute atomic E-state index is 6.01. The molecule has 1 fully saturated rings. The largest absolute Gasteiger partial charge is 0.327 e. The summed E-state index contributed by atoms with van der Waals surface area (Å²) in [5, 5.41) is 0.641. The van der Waals surface area contributed by atoms with Crippen LogP contribution in [0.3, 0.4) is 0 Å². The zero-order valence-corrected chi connectivity index (χ0v) is 8.46. The molecule has 2 N–H and O–H groups in total. The Morgan fingerprint density at radius 1 is 1.15 bits per heavy atom. The second kappa shape index (κ2) is 4.16. The Hall–Kier alpha value is -0.470. The molecular formula is C11H15NS. The summed E-state index contributed by atoms with van der Waals surface area (Å²) >= 11 is 1.93. The third kappa shape index (κ3) is 2.26. The molecule has 1 saturated carbocycles. The SMILES string of the molecule is N[C@@H]1CCC[C@@H]1Sc1ccccc1. The van der Waals surface area contributed by atoms with Gasteiger partial charge in [0.15, 0.2) is 0 Å². The molecule has 0 radical (unpaired) electrons. The fourth-order valence-electron chi connectivity index (χ4n) is 1.77. The summed E-state index contributed by atoms with van der Waals surface area (Å²) in [5.74, 6) is 0. The lowest BCUT2D eigenvalue weighted by molar-refractivity contribution is 0.716. The first-order valence-electron chi connectivity index (χ1n) is 4.83. The summed E-state index contributed by atoms with van der Waals surface area (Å²) in [7, 11) is 0. The van der Waals surface area contributed by atoms with Crippen molar-refractivity contribution in [3.05, 3.63) is 30.3 Å². The molecule has 0 amide bonds. The van der Waals surface area contributed by atoms with E-state index in [0.29, 0.717) is 11.3 Å². The van der Waals surface area contributed by atoms with Crippen molar-refractivity contribution in [1.82, 2.24) is 0 Å². The highest BCUT2D eigenvalue weighted by atomic mass is 32.2. The van der Waals surface area contributed by atoms with Gasteiger partial charge in [0.05, 0.1) is 0 Å². The molecule has 13 heavy (non-hydrogen) atoms. The van der Waals surface area contributed by atoms with Gasteiger partial charge in [-0.2, -0.15) is 0 Å². The summed E-state index contributed by atoms with van der Waals surface area (Å²) in [6.07, 6.45) is 3.77. The Morgan fingerprint density at radius 3 is 2.54 bits per heavy atom. The zero-order chi connectivity index (χ0) is 9.10. The number of benzene rings is 1. The Kier molecular flexibility index (Phi) is 2.91. The first-order chi connectivity index (χ1) is 6.36. The molecule has 2 heteroatoms. The number of hydrogen-bond acceptors (Lipinski definition) is 2. The van der Waals surface area contributed by atoms with Gasteiger partial charge in [0, 0.05) is 16.2 Å². The molecule has 0 aromatic heterocycles. The monoisotopic (exact) mass is 193 g/mol. The van der Waals surface area contributed by atoms with Crippen molar-refractivity contribution in [3.63, 3.8) is 0 Å². The lowest BCUT2D eigenvalue weighted by Crippen LogP contribution is -2.26. The van der Waals surface area contributed by atoms with Crippen LogP contribution in [0.15, 0.2) is 35.2 Å². The smallest absolute Gasteiger partial charge is 0.0246 e. The van der Waals surface area contributed by atoms with E-state index in [2.05, 4.69) is 30.3 Å². The summed E-state index contributed by atoms with van der Waals surface area (Å²) in [5.41, 5.74) is 6.01. The summed E-state index contributed by atoms with van der Waals surface area (Å²) in [6, 6.07) is 11.0. The third-order valence-corrected chi connectivity index (χ3v) is 3.97. The van der Waals surface area contributed by atoms with Gasteiger partial charge in [-0.3, -0.25) is 0 Å². The molecule has 2 atom stereocenters. The van der Waals surface area contributed by atoms with Crippen molar-refractivity contribution in [2.75, 3.05) is 0 Å². The highest BCUT2D eigenvalue weighted by Crippen LogP contribution is 2.33. The Labute approximate surface area is 83.7 Å². The summed E-state index contributed by atoms with van der Waals surface area (Å²) in [4.78, 5) is 1.35. The Balaban J connectivity index is 1.98. The van der Waals surface area contributed by atoms with E-state index >= 15 is 0 Å². The van der Waals surface area contributed by atoms with Crippen molar-refractivity contribution in [2.45, 2.75) is 35.4 Å². The molecule has 0 unspecified atom stereocenters. The molecule has 1 aliphatic rings. The van der Waals surface area contributed by atoms with Gasteiger partial charge in [-0.1, -0.05) is 24.6 Å². The quantitative estimate of drug-likeness (QED) is 0.781. The van der Waals surface area contributed by atoms with Crippen LogP contribution in [0.2, 0.25) is 0 Å². The van der Waals surface area contributed by atoms with E-state index in [1.165, 1.54) is 24.2 Å². The van der Waals surface area contributed by atoms with Gasteiger partial charge in [-0.15, -0.1) is 11.8 Å². The van der Waals surface area contributed by atoms with E-state index in [0.717, 1.165) is 0 Å². The molecule has 0 spiro atoms. The predicted molar refractivity (Wildman–Crippen MR) is 57.9 cm³/mol. The summed E-state index contributed by atoms with van der Waals surface area (Å²) < 4.78 is 0. The van der Waals surface area contributed by atoms with Crippen LogP contribution in [0, 0.1) is 0 Å². The van der Waals surface area contributed by atoms with E-state index in [1.807, 2.05) is 11.8 Å². The molecule has 0 heterocycles. The van der Waals surface area contributed by atoms with Gasteiger partial charge >= 0.3 is 0 Å². The lowest BCUT2D eigenvalue weighted by Gasteiger charge is -2.14. The van der Waals surface area contributed by atoms with Gasteiger partial charge in [-0.25, -0.2) is 0 Å². The van der Waals surface area contributed by atoms with Crippen molar-refractivity contribution in [1.29, 1.82) is 0 Å². The minimum absolute atomic E-state index is 0.408. The van der Waals surface area contributed by atoms with Crippen LogP contribution in [-0.4, -0.2) is 11.3 Å². The van der Waals surface area contributed by atoms with Crippen LogP contribution in [0.25, 0.3) is 0 Å². The van der Waals surface area contributed by atoms with E-state index in [9.17, 15) is 0 Å². The van der Waals surface area contributed by atoms with Crippen molar-refractivity contribution in [2.24, 2.45) is 5.73 Å². The van der Waals surface area contributed by atoms with Crippen LogP contribution in [0.4, 0.5) is 0 Å². The molecule has 0 bridgehead atoms. The third-order valence-electron chi connectivity index (χ3n) is 2.53. The normalized spacial score (nSPS) is 27.8. The molecule has 70 valence electrons. The molecule has 0 saturated heterocycles. The van der Waals surface area contributed by atoms with Crippen LogP contribution < -0.4 is 5.73 Å². The van der Waals surface area contributed by atoms with Crippen LogP contribution in [0.1, 0.15) is 19.3 Å². The number of thioether (sulfide) groups is 1. The highest BCUT2D eigenvalue weighted by molar-refractivity contribution is 8.00. The van der Waals surface area contributed by atoms with Crippen LogP contribution >= 0.6 is 11.8 Å². The lowest BCUT2D eigenvalue weighted by atomic mass is 10.3. The van der Waals surface area contributed by atoms with E-state index in [4.69, 9.17) is 5.73 Å². The fourth-order valence-corrected chi connectivity index (χ4v) is 3.03. The molecule has 0 aliphatic heterocycles. The first-order valence-corrected chi connectivity index (χ1v) is 5.71. The molecule has 1 aliphatic carbocycles. The van der Waals surface area contributed by atoms with Crippen LogP contribution in [0.5, 0.6) is 0 Å². The molecule has 1 aromatic rings. The van der Waals surface area contributed by atoms with Gasteiger partial charge in [0.2, 0.25) is 0 Å². The van der Waals surface area contributed by atoms with E-state index in [1.54, 1.807) is 0 Å². The van der Waals surface area contributed by atoms with Gasteiger partial charge in [-0.05, 0) is 25.0 Å². The fraction of sp³-hybridized carbons (Fsp3) is 0.455. The first kappa shape index (κ1) is 9.10. The number of rotatable bonds is 2. The van der Waals surface area contributed by atoms with Gasteiger partial charge < -0.3 is 5.73 Å². The Morgan fingerprint density at radius 2 is 1.92 bits per heavy atom. The minimum Gasteiger partial charge on any atom is -0.327 e. The van der Waals surface area contributed by atoms with Crippen molar-refractivity contribution >= 4 is 11.8 Å². The second-order valence-corrected chi connectivity index (χ2v) is 4.88. The Bertz CT molecular complexity index is 260. The highest BCUT2D eigenvalue weighted by Gasteiger charge is 2.24. The topological polar surface area (TPSA) is 26.0 Å². The summed E-state index contributed by atoms with van der Waals surface area (Å²) in [6.45, 7) is 0.